The highest BCUT2D eigenvalue weighted by molar-refractivity contribution is 5.71. The van der Waals surface area contributed by atoms with Crippen LogP contribution in [0.3, 0.4) is 0 Å². The van der Waals surface area contributed by atoms with Crippen molar-refractivity contribution in [2.75, 3.05) is 13.2 Å². The molecule has 0 radical (unpaired) electrons. The predicted molar refractivity (Wildman–Crippen MR) is 233 cm³/mol. The standard InChI is InChI=1S/C49H82O6/c1-4-7-10-13-16-19-22-24-27-30-33-36-39-42-48(51)54-45-46(44-53-47(50)41-38-35-32-29-26-21-18-15-12-9-6-3)55-49(52)43-40-37-34-31-28-25-23-20-17-14-11-8-5-2/h7,9-10,12-13,16,18-19,21-22,29,32,46H,4-6,8,11,14-15,17,20,23-28,30-31,33-45H2,1-3H3/b10-7-,12-9-,16-13-,21-18-,22-19-,32-29-. The molecule has 6 heteroatoms. The topological polar surface area (TPSA) is 78.9 Å². The number of esters is 3. The molecule has 0 N–H and O–H groups in total. The Labute approximate surface area is 338 Å². The molecule has 0 saturated heterocycles. The molecule has 0 spiro atoms. The first-order valence-corrected chi connectivity index (χ1v) is 22.5. The van der Waals surface area contributed by atoms with E-state index in [4.69, 9.17) is 14.2 Å². The van der Waals surface area contributed by atoms with Gasteiger partial charge in [-0.15, -0.1) is 0 Å². The molecule has 0 fully saturated rings. The van der Waals surface area contributed by atoms with E-state index in [1.54, 1.807) is 0 Å². The highest BCUT2D eigenvalue weighted by atomic mass is 16.6. The highest BCUT2D eigenvalue weighted by Crippen LogP contribution is 2.14. The second kappa shape index (κ2) is 43.6. The molecule has 0 aliphatic heterocycles. The van der Waals surface area contributed by atoms with Gasteiger partial charge < -0.3 is 14.2 Å². The van der Waals surface area contributed by atoms with Crippen LogP contribution in [-0.4, -0.2) is 37.2 Å². The molecule has 6 nitrogen and oxygen atoms in total. The molecule has 0 aromatic heterocycles. The molecule has 0 saturated carbocycles. The number of allylic oxidation sites excluding steroid dienone is 12. The number of unbranched alkanes of at least 4 members (excludes halogenated alkanes) is 18. The minimum absolute atomic E-state index is 0.101. The third kappa shape index (κ3) is 41.8. The molecule has 0 aliphatic carbocycles. The van der Waals surface area contributed by atoms with Gasteiger partial charge in [0.1, 0.15) is 13.2 Å². The van der Waals surface area contributed by atoms with E-state index in [1.165, 1.54) is 64.2 Å². The Kier molecular flexibility index (Phi) is 41.1. The van der Waals surface area contributed by atoms with Crippen molar-refractivity contribution >= 4 is 17.9 Å². The fourth-order valence-electron chi connectivity index (χ4n) is 5.93. The van der Waals surface area contributed by atoms with E-state index in [9.17, 15) is 14.4 Å². The summed E-state index contributed by atoms with van der Waals surface area (Å²) < 4.78 is 16.6. The van der Waals surface area contributed by atoms with Gasteiger partial charge in [-0.25, -0.2) is 0 Å². The number of hydrogen-bond acceptors (Lipinski definition) is 6. The lowest BCUT2D eigenvalue weighted by atomic mass is 10.0. The molecule has 0 aromatic rings. The zero-order valence-corrected chi connectivity index (χ0v) is 35.7. The summed E-state index contributed by atoms with van der Waals surface area (Å²) in [4.78, 5) is 37.7. The van der Waals surface area contributed by atoms with Crippen LogP contribution in [0.4, 0.5) is 0 Å². The van der Waals surface area contributed by atoms with E-state index in [0.29, 0.717) is 19.3 Å². The lowest BCUT2D eigenvalue weighted by Crippen LogP contribution is -2.30. The molecule has 0 amide bonds. The molecule has 0 rings (SSSR count). The third-order valence-electron chi connectivity index (χ3n) is 9.27. The van der Waals surface area contributed by atoms with Crippen molar-refractivity contribution in [3.8, 4) is 0 Å². The second-order valence-corrected chi connectivity index (χ2v) is 14.6. The van der Waals surface area contributed by atoms with Gasteiger partial charge in [0, 0.05) is 19.3 Å². The fraction of sp³-hybridized carbons (Fsp3) is 0.694. The SMILES string of the molecule is CC\C=C/C=C\C=C/CCCCCCCC(=O)OCC(COC(=O)CCC/C=C\C/C=C\C/C=C\CC)OC(=O)CCCCCCCCCCCCCCC. The monoisotopic (exact) mass is 767 g/mol. The largest absolute Gasteiger partial charge is 0.462 e. The van der Waals surface area contributed by atoms with Crippen molar-refractivity contribution in [2.45, 2.75) is 207 Å². The van der Waals surface area contributed by atoms with Crippen molar-refractivity contribution < 1.29 is 28.6 Å². The summed E-state index contributed by atoms with van der Waals surface area (Å²) in [6.07, 6.45) is 53.2. The van der Waals surface area contributed by atoms with Crippen LogP contribution in [0.2, 0.25) is 0 Å². The summed E-state index contributed by atoms with van der Waals surface area (Å²) in [7, 11) is 0. The zero-order chi connectivity index (χ0) is 40.1. The predicted octanol–water partition coefficient (Wildman–Crippen LogP) is 14.3. The van der Waals surface area contributed by atoms with Crippen molar-refractivity contribution in [1.29, 1.82) is 0 Å². The maximum Gasteiger partial charge on any atom is 0.306 e. The lowest BCUT2D eigenvalue weighted by Gasteiger charge is -2.18. The van der Waals surface area contributed by atoms with Crippen LogP contribution in [0.15, 0.2) is 72.9 Å². The fourth-order valence-corrected chi connectivity index (χ4v) is 5.93. The summed E-state index contributed by atoms with van der Waals surface area (Å²) in [5, 5.41) is 0. The van der Waals surface area contributed by atoms with Gasteiger partial charge in [0.15, 0.2) is 6.10 Å². The van der Waals surface area contributed by atoms with Crippen molar-refractivity contribution in [2.24, 2.45) is 0 Å². The van der Waals surface area contributed by atoms with Crippen LogP contribution in [0, 0.1) is 0 Å². The molecule has 55 heavy (non-hydrogen) atoms. The Balaban J connectivity index is 4.47. The minimum atomic E-state index is -0.799. The molecule has 0 bridgehead atoms. The van der Waals surface area contributed by atoms with Crippen LogP contribution in [0.25, 0.3) is 0 Å². The molecule has 1 unspecified atom stereocenters. The van der Waals surface area contributed by atoms with E-state index in [-0.39, 0.29) is 37.5 Å². The van der Waals surface area contributed by atoms with Gasteiger partial charge in [0.25, 0.3) is 0 Å². The van der Waals surface area contributed by atoms with E-state index in [2.05, 4.69) is 93.7 Å². The van der Waals surface area contributed by atoms with Gasteiger partial charge in [-0.1, -0.05) is 190 Å². The highest BCUT2D eigenvalue weighted by Gasteiger charge is 2.19. The van der Waals surface area contributed by atoms with E-state index in [1.807, 2.05) is 0 Å². The molecular formula is C49H82O6. The van der Waals surface area contributed by atoms with Crippen LogP contribution in [0.5, 0.6) is 0 Å². The molecule has 1 atom stereocenters. The number of hydrogen-bond donors (Lipinski definition) is 0. The molecule has 0 aliphatic rings. The van der Waals surface area contributed by atoms with Gasteiger partial charge in [0.2, 0.25) is 0 Å². The van der Waals surface area contributed by atoms with Gasteiger partial charge in [-0.05, 0) is 64.2 Å². The number of ether oxygens (including phenoxy) is 3. The summed E-state index contributed by atoms with van der Waals surface area (Å²) >= 11 is 0. The van der Waals surface area contributed by atoms with Crippen LogP contribution in [-0.2, 0) is 28.6 Å². The van der Waals surface area contributed by atoms with E-state index < -0.39 is 6.10 Å². The van der Waals surface area contributed by atoms with Crippen LogP contribution in [0.1, 0.15) is 201 Å². The Morgan fingerprint density at radius 1 is 0.400 bits per heavy atom. The maximum absolute atomic E-state index is 12.7. The lowest BCUT2D eigenvalue weighted by molar-refractivity contribution is -0.167. The summed E-state index contributed by atoms with van der Waals surface area (Å²) in [5.74, 6) is -0.981. The quantitative estimate of drug-likeness (QED) is 0.0204. The van der Waals surface area contributed by atoms with Gasteiger partial charge in [-0.3, -0.25) is 14.4 Å². The minimum Gasteiger partial charge on any atom is -0.462 e. The van der Waals surface area contributed by atoms with Crippen molar-refractivity contribution in [3.05, 3.63) is 72.9 Å². The van der Waals surface area contributed by atoms with Crippen LogP contribution < -0.4 is 0 Å². The number of rotatable bonds is 39. The number of carbonyl (C=O) groups excluding carboxylic acids is 3. The zero-order valence-electron chi connectivity index (χ0n) is 35.7. The average Bonchev–Trinajstić information content (AvgIpc) is 3.18. The Morgan fingerprint density at radius 2 is 0.818 bits per heavy atom. The maximum atomic E-state index is 12.7. The second-order valence-electron chi connectivity index (χ2n) is 14.6. The van der Waals surface area contributed by atoms with Gasteiger partial charge in [-0.2, -0.15) is 0 Å². The molecule has 0 aromatic carbocycles. The van der Waals surface area contributed by atoms with Gasteiger partial charge >= 0.3 is 17.9 Å². The van der Waals surface area contributed by atoms with E-state index in [0.717, 1.165) is 89.9 Å². The first-order chi connectivity index (χ1) is 27.0. The Bertz CT molecular complexity index is 1070. The first kappa shape index (κ1) is 51.9. The molecule has 0 heterocycles. The van der Waals surface area contributed by atoms with Gasteiger partial charge in [0.05, 0.1) is 0 Å². The third-order valence-corrected chi connectivity index (χ3v) is 9.27. The summed E-state index contributed by atoms with van der Waals surface area (Å²) in [5.41, 5.74) is 0. The van der Waals surface area contributed by atoms with Crippen LogP contribution >= 0.6 is 0 Å². The van der Waals surface area contributed by atoms with Crippen molar-refractivity contribution in [1.82, 2.24) is 0 Å². The smallest absolute Gasteiger partial charge is 0.306 e. The van der Waals surface area contributed by atoms with Crippen molar-refractivity contribution in [3.63, 3.8) is 0 Å². The molecule has 314 valence electrons. The average molecular weight is 767 g/mol. The summed E-state index contributed by atoms with van der Waals surface area (Å²) in [6.45, 7) is 6.30. The summed E-state index contributed by atoms with van der Waals surface area (Å²) in [6, 6.07) is 0. The Morgan fingerprint density at radius 3 is 1.36 bits per heavy atom. The first-order valence-electron chi connectivity index (χ1n) is 22.5. The normalized spacial score (nSPS) is 12.7. The Hall–Kier alpha value is -3.15. The van der Waals surface area contributed by atoms with E-state index >= 15 is 0 Å². The molecular weight excluding hydrogens is 685 g/mol. The number of carbonyl (C=O) groups is 3.